The number of hydrogen-bond donors (Lipinski definition) is 1. The summed E-state index contributed by atoms with van der Waals surface area (Å²) in [5.74, 6) is -0.174. The molecule has 0 spiro atoms. The van der Waals surface area contributed by atoms with Gasteiger partial charge < -0.3 is 10.6 Å². The minimum absolute atomic E-state index is 0.108. The first-order valence-corrected chi connectivity index (χ1v) is 7.97. The topological polar surface area (TPSA) is 46.3 Å². The third kappa shape index (κ3) is 2.57. The number of nitrogens with zero attached hydrogens (tertiary/aromatic N) is 1. The van der Waals surface area contributed by atoms with E-state index in [0.29, 0.717) is 13.1 Å². The standard InChI is InChI=1S/C17H23FN2O/c18-14-6-5-13-7-10-20(15(13)11-14)16(21)17(12-19)8-3-1-2-4-9-17/h5-6,11H,1-4,7-10,12,19H2. The van der Waals surface area contributed by atoms with Crippen molar-refractivity contribution in [2.75, 3.05) is 18.0 Å². The van der Waals surface area contributed by atoms with Crippen LogP contribution in [0.1, 0.15) is 44.1 Å². The van der Waals surface area contributed by atoms with Gasteiger partial charge in [0.1, 0.15) is 5.82 Å². The fraction of sp³-hybridized carbons (Fsp3) is 0.588. The van der Waals surface area contributed by atoms with Gasteiger partial charge in [0.15, 0.2) is 0 Å². The Morgan fingerprint density at radius 3 is 2.62 bits per heavy atom. The van der Waals surface area contributed by atoms with Crippen molar-refractivity contribution in [3.63, 3.8) is 0 Å². The summed E-state index contributed by atoms with van der Waals surface area (Å²) >= 11 is 0. The number of carbonyl (C=O) groups is 1. The van der Waals surface area contributed by atoms with E-state index in [9.17, 15) is 9.18 Å². The van der Waals surface area contributed by atoms with E-state index in [-0.39, 0.29) is 11.7 Å². The van der Waals surface area contributed by atoms with Crippen LogP contribution in [-0.2, 0) is 11.2 Å². The lowest BCUT2D eigenvalue weighted by atomic mass is 9.79. The fourth-order valence-electron chi connectivity index (χ4n) is 3.76. The zero-order valence-electron chi connectivity index (χ0n) is 12.4. The molecule has 21 heavy (non-hydrogen) atoms. The molecule has 4 heteroatoms. The van der Waals surface area contributed by atoms with Crippen molar-refractivity contribution in [2.45, 2.75) is 44.9 Å². The van der Waals surface area contributed by atoms with E-state index < -0.39 is 5.41 Å². The second kappa shape index (κ2) is 5.76. The van der Waals surface area contributed by atoms with Gasteiger partial charge in [-0.15, -0.1) is 0 Å². The molecule has 0 radical (unpaired) electrons. The van der Waals surface area contributed by atoms with Gasteiger partial charge in [0.25, 0.3) is 0 Å². The van der Waals surface area contributed by atoms with Crippen LogP contribution in [0.3, 0.4) is 0 Å². The molecule has 1 aromatic rings. The van der Waals surface area contributed by atoms with Gasteiger partial charge >= 0.3 is 0 Å². The third-order valence-electron chi connectivity index (χ3n) is 5.09. The third-order valence-corrected chi connectivity index (χ3v) is 5.09. The van der Waals surface area contributed by atoms with Crippen molar-refractivity contribution >= 4 is 11.6 Å². The highest BCUT2D eigenvalue weighted by atomic mass is 19.1. The first-order chi connectivity index (χ1) is 10.2. The van der Waals surface area contributed by atoms with Crippen molar-refractivity contribution in [3.8, 4) is 0 Å². The molecule has 3 nitrogen and oxygen atoms in total. The summed E-state index contributed by atoms with van der Waals surface area (Å²) in [4.78, 5) is 14.9. The van der Waals surface area contributed by atoms with Crippen LogP contribution in [-0.4, -0.2) is 19.0 Å². The zero-order valence-corrected chi connectivity index (χ0v) is 12.4. The van der Waals surface area contributed by atoms with Gasteiger partial charge in [-0.05, 0) is 37.0 Å². The summed E-state index contributed by atoms with van der Waals surface area (Å²) in [5, 5.41) is 0. The number of hydrogen-bond acceptors (Lipinski definition) is 2. The molecule has 1 fully saturated rings. The van der Waals surface area contributed by atoms with Crippen LogP contribution in [0.4, 0.5) is 10.1 Å². The Labute approximate surface area is 125 Å². The highest BCUT2D eigenvalue weighted by Gasteiger charge is 2.42. The van der Waals surface area contributed by atoms with E-state index in [1.165, 1.54) is 25.0 Å². The molecule has 3 rings (SSSR count). The largest absolute Gasteiger partial charge is 0.329 e. The normalized spacial score (nSPS) is 21.0. The van der Waals surface area contributed by atoms with Gasteiger partial charge in [0, 0.05) is 18.8 Å². The molecule has 0 aromatic heterocycles. The lowest BCUT2D eigenvalue weighted by Crippen LogP contribution is -2.47. The van der Waals surface area contributed by atoms with E-state index in [4.69, 9.17) is 5.73 Å². The average Bonchev–Trinajstić information content (AvgIpc) is 2.75. The maximum Gasteiger partial charge on any atom is 0.234 e. The lowest BCUT2D eigenvalue weighted by molar-refractivity contribution is -0.128. The van der Waals surface area contributed by atoms with Crippen LogP contribution < -0.4 is 10.6 Å². The highest BCUT2D eigenvalue weighted by Crippen LogP contribution is 2.39. The van der Waals surface area contributed by atoms with Crippen LogP contribution >= 0.6 is 0 Å². The fourth-order valence-corrected chi connectivity index (χ4v) is 3.76. The number of nitrogens with two attached hydrogens (primary N) is 1. The first kappa shape index (κ1) is 14.5. The Balaban J connectivity index is 1.90. The SMILES string of the molecule is NCC1(C(=O)N2CCc3ccc(F)cc32)CCCCCC1. The molecule has 1 aliphatic carbocycles. The Morgan fingerprint density at radius 2 is 1.95 bits per heavy atom. The number of amides is 1. The maximum atomic E-state index is 13.5. The monoisotopic (exact) mass is 290 g/mol. The molecule has 0 saturated heterocycles. The van der Waals surface area contributed by atoms with Crippen molar-refractivity contribution in [2.24, 2.45) is 11.1 Å². The lowest BCUT2D eigenvalue weighted by Gasteiger charge is -2.34. The Hall–Kier alpha value is -1.42. The van der Waals surface area contributed by atoms with Crippen LogP contribution in [0, 0.1) is 11.2 Å². The zero-order chi connectivity index (χ0) is 14.9. The van der Waals surface area contributed by atoms with Crippen molar-refractivity contribution in [1.29, 1.82) is 0 Å². The number of fused-ring (bicyclic) bond motifs is 1. The maximum absolute atomic E-state index is 13.5. The van der Waals surface area contributed by atoms with E-state index in [1.54, 1.807) is 11.0 Å². The molecule has 2 aliphatic rings. The minimum Gasteiger partial charge on any atom is -0.329 e. The molecule has 0 bridgehead atoms. The molecule has 1 saturated carbocycles. The molecule has 1 aromatic carbocycles. The molecular weight excluding hydrogens is 267 g/mol. The number of anilines is 1. The second-order valence-electron chi connectivity index (χ2n) is 6.38. The number of benzene rings is 1. The molecular formula is C17H23FN2O. The summed E-state index contributed by atoms with van der Waals surface area (Å²) < 4.78 is 13.5. The van der Waals surface area contributed by atoms with E-state index in [0.717, 1.165) is 43.4 Å². The van der Waals surface area contributed by atoms with Crippen LogP contribution in [0.15, 0.2) is 18.2 Å². The Bertz CT molecular complexity index is 536. The van der Waals surface area contributed by atoms with E-state index in [2.05, 4.69) is 0 Å². The van der Waals surface area contributed by atoms with Gasteiger partial charge in [0.2, 0.25) is 5.91 Å². The summed E-state index contributed by atoms with van der Waals surface area (Å²) in [6.07, 6.45) is 7.02. The Kier molecular flexibility index (Phi) is 3.98. The summed E-state index contributed by atoms with van der Waals surface area (Å²) in [5.41, 5.74) is 7.37. The van der Waals surface area contributed by atoms with Gasteiger partial charge in [-0.3, -0.25) is 4.79 Å². The number of rotatable bonds is 2. The van der Waals surface area contributed by atoms with E-state index >= 15 is 0 Å². The van der Waals surface area contributed by atoms with Crippen LogP contribution in [0.5, 0.6) is 0 Å². The average molecular weight is 290 g/mol. The molecule has 1 heterocycles. The number of carbonyl (C=O) groups excluding carboxylic acids is 1. The predicted molar refractivity (Wildman–Crippen MR) is 81.6 cm³/mol. The minimum atomic E-state index is -0.440. The van der Waals surface area contributed by atoms with Crippen molar-refractivity contribution in [3.05, 3.63) is 29.6 Å². The molecule has 1 amide bonds. The van der Waals surface area contributed by atoms with Crippen LogP contribution in [0.2, 0.25) is 0 Å². The second-order valence-corrected chi connectivity index (χ2v) is 6.38. The first-order valence-electron chi connectivity index (χ1n) is 7.97. The molecule has 114 valence electrons. The molecule has 0 unspecified atom stereocenters. The van der Waals surface area contributed by atoms with Gasteiger partial charge in [0.05, 0.1) is 5.41 Å². The summed E-state index contributed by atoms with van der Waals surface area (Å²) in [7, 11) is 0. The molecule has 1 aliphatic heterocycles. The van der Waals surface area contributed by atoms with Crippen molar-refractivity contribution in [1.82, 2.24) is 0 Å². The smallest absolute Gasteiger partial charge is 0.234 e. The quantitative estimate of drug-likeness (QED) is 0.851. The highest BCUT2D eigenvalue weighted by molar-refractivity contribution is 5.99. The Morgan fingerprint density at radius 1 is 1.24 bits per heavy atom. The van der Waals surface area contributed by atoms with Crippen LogP contribution in [0.25, 0.3) is 0 Å². The van der Waals surface area contributed by atoms with Crippen molar-refractivity contribution < 1.29 is 9.18 Å². The summed E-state index contributed by atoms with van der Waals surface area (Å²) in [6, 6.07) is 4.75. The van der Waals surface area contributed by atoms with E-state index in [1.807, 2.05) is 0 Å². The van der Waals surface area contributed by atoms with Gasteiger partial charge in [-0.25, -0.2) is 4.39 Å². The van der Waals surface area contributed by atoms with Gasteiger partial charge in [-0.2, -0.15) is 0 Å². The number of halogens is 1. The molecule has 2 N–H and O–H groups in total. The molecule has 0 atom stereocenters. The summed E-state index contributed by atoms with van der Waals surface area (Å²) in [6.45, 7) is 1.05. The predicted octanol–water partition coefficient (Wildman–Crippen LogP) is 3.01. The van der Waals surface area contributed by atoms with Gasteiger partial charge in [-0.1, -0.05) is 31.7 Å².